The lowest BCUT2D eigenvalue weighted by molar-refractivity contribution is -0.858. The number of sulfone groups is 1. The number of ether oxygens (including phenoxy) is 1. The average molecular weight is 423 g/mol. The number of quaternary nitrogens is 1. The van der Waals surface area contributed by atoms with Crippen LogP contribution in [-0.4, -0.2) is 69.8 Å². The Hall–Kier alpha value is -1.52. The Kier molecular flexibility index (Phi) is 7.75. The summed E-state index contributed by atoms with van der Waals surface area (Å²) in [7, 11) is 1.09. The number of benzene rings is 1. The lowest BCUT2D eigenvalue weighted by Crippen LogP contribution is -3.05. The van der Waals surface area contributed by atoms with Gasteiger partial charge in [-0.25, -0.2) is 8.42 Å². The van der Waals surface area contributed by atoms with Gasteiger partial charge in [-0.3, -0.25) is 0 Å². The van der Waals surface area contributed by atoms with Crippen LogP contribution in [0, 0.1) is 0 Å². The van der Waals surface area contributed by atoms with Crippen LogP contribution in [0.15, 0.2) is 24.3 Å². The number of thiocarbonyl (C=S) groups is 1. The highest BCUT2D eigenvalue weighted by Crippen LogP contribution is 2.21. The van der Waals surface area contributed by atoms with Gasteiger partial charge in [0.15, 0.2) is 14.9 Å². The fraction of sp³-hybridized carbons (Fsp3) is 0.588. The van der Waals surface area contributed by atoms with Crippen LogP contribution < -0.4 is 15.0 Å². The second kappa shape index (κ2) is 9.61. The molecule has 2 rings (SSSR count). The van der Waals surface area contributed by atoms with Crippen molar-refractivity contribution in [1.82, 2.24) is 4.90 Å². The Morgan fingerprint density at radius 1 is 1.37 bits per heavy atom. The van der Waals surface area contributed by atoms with Crippen LogP contribution >= 0.6 is 12.2 Å². The molecule has 0 bridgehead atoms. The summed E-state index contributed by atoms with van der Waals surface area (Å²) in [4.78, 5) is 3.24. The number of anilines is 1. The zero-order valence-electron chi connectivity index (χ0n) is 15.5. The summed E-state index contributed by atoms with van der Waals surface area (Å²) >= 11 is 5.51. The quantitative estimate of drug-likeness (QED) is 0.610. The Morgan fingerprint density at radius 3 is 2.56 bits per heavy atom. The van der Waals surface area contributed by atoms with Crippen LogP contribution in [0.2, 0.25) is 0 Å². The third kappa shape index (κ3) is 7.19. The predicted octanol–water partition coefficient (Wildman–Crippen LogP) is 1.01. The minimum absolute atomic E-state index is 0.0640. The zero-order chi connectivity index (χ0) is 20.0. The summed E-state index contributed by atoms with van der Waals surface area (Å²) in [5, 5.41) is 3.52. The minimum Gasteiger partial charge on any atom is -0.435 e. The molecule has 10 heteroatoms. The van der Waals surface area contributed by atoms with E-state index in [1.54, 1.807) is 12.1 Å². The monoisotopic (exact) mass is 422 g/mol. The first kappa shape index (κ1) is 21.8. The maximum atomic E-state index is 12.2. The number of alkyl halides is 2. The molecular formula is C17H26F2N3O3S2+. The van der Waals surface area contributed by atoms with Gasteiger partial charge in [-0.15, -0.1) is 0 Å². The van der Waals surface area contributed by atoms with E-state index in [0.717, 1.165) is 13.0 Å². The van der Waals surface area contributed by atoms with Gasteiger partial charge in [-0.05, 0) is 42.9 Å². The lowest BCUT2D eigenvalue weighted by atomic mass is 10.2. The molecule has 2 N–H and O–H groups in total. The number of nitrogens with one attached hydrogen (secondary N) is 2. The number of halogens is 2. The predicted molar refractivity (Wildman–Crippen MR) is 105 cm³/mol. The van der Waals surface area contributed by atoms with Crippen molar-refractivity contribution < 1.29 is 26.8 Å². The van der Waals surface area contributed by atoms with Crippen LogP contribution in [0.4, 0.5) is 14.5 Å². The van der Waals surface area contributed by atoms with Gasteiger partial charge in [-0.2, -0.15) is 8.78 Å². The summed E-state index contributed by atoms with van der Waals surface area (Å²) in [6.45, 7) is -1.27. The van der Waals surface area contributed by atoms with E-state index in [2.05, 4.69) is 24.1 Å². The maximum Gasteiger partial charge on any atom is 0.387 e. The third-order valence-electron chi connectivity index (χ3n) is 4.32. The highest BCUT2D eigenvalue weighted by Gasteiger charge is 2.33. The fourth-order valence-electron chi connectivity index (χ4n) is 2.99. The van der Waals surface area contributed by atoms with E-state index < -0.39 is 16.4 Å². The molecule has 1 aliphatic rings. The van der Waals surface area contributed by atoms with Crippen LogP contribution in [0.3, 0.4) is 0 Å². The van der Waals surface area contributed by atoms with Gasteiger partial charge < -0.3 is 19.9 Å². The topological polar surface area (TPSA) is 63.1 Å². The number of hydrogen-bond acceptors (Lipinski definition) is 4. The Morgan fingerprint density at radius 2 is 2.04 bits per heavy atom. The molecule has 6 nitrogen and oxygen atoms in total. The SMILES string of the molecule is C[NH+](C)CCCN(C(=S)Nc1ccc(OC(F)F)cc1)[C@@H]1CCS(=O)(=O)C1. The normalized spacial score (nSPS) is 18.7. The molecule has 1 saturated heterocycles. The summed E-state index contributed by atoms with van der Waals surface area (Å²) in [6.07, 6.45) is 1.43. The second-order valence-electron chi connectivity index (χ2n) is 6.89. The molecule has 152 valence electrons. The van der Waals surface area contributed by atoms with Gasteiger partial charge in [0.25, 0.3) is 0 Å². The standard InChI is InChI=1S/C17H25F2N3O3S2/c1-21(2)9-3-10-22(14-8-11-27(23,24)12-14)17(26)20-13-4-6-15(7-5-13)25-16(18)19/h4-7,14,16H,3,8-12H2,1-2H3,(H,20,26)/p+1/t14-/m1/s1. The molecule has 0 radical (unpaired) electrons. The molecule has 1 heterocycles. The van der Waals surface area contributed by atoms with Crippen molar-refractivity contribution in [3.63, 3.8) is 0 Å². The van der Waals surface area contributed by atoms with Gasteiger partial charge in [0.1, 0.15) is 5.75 Å². The van der Waals surface area contributed by atoms with Gasteiger partial charge in [0, 0.05) is 24.7 Å². The van der Waals surface area contributed by atoms with Crippen molar-refractivity contribution in [2.45, 2.75) is 25.5 Å². The minimum atomic E-state index is -3.03. The molecule has 0 spiro atoms. The molecule has 1 fully saturated rings. The molecule has 0 amide bonds. The van der Waals surface area contributed by atoms with Crippen LogP contribution in [0.1, 0.15) is 12.8 Å². The molecular weight excluding hydrogens is 396 g/mol. The Labute approximate surface area is 164 Å². The molecule has 0 saturated carbocycles. The second-order valence-corrected chi connectivity index (χ2v) is 9.51. The van der Waals surface area contributed by atoms with E-state index in [1.165, 1.54) is 17.0 Å². The van der Waals surface area contributed by atoms with Gasteiger partial charge in [0.2, 0.25) is 0 Å². The van der Waals surface area contributed by atoms with Crippen molar-refractivity contribution >= 4 is 32.9 Å². The highest BCUT2D eigenvalue weighted by atomic mass is 32.2. The van der Waals surface area contributed by atoms with Crippen molar-refractivity contribution in [2.75, 3.05) is 44.0 Å². The van der Waals surface area contributed by atoms with E-state index in [-0.39, 0.29) is 23.3 Å². The smallest absolute Gasteiger partial charge is 0.387 e. The van der Waals surface area contributed by atoms with Gasteiger partial charge >= 0.3 is 6.61 Å². The number of hydrogen-bond donors (Lipinski definition) is 2. The molecule has 1 aromatic rings. The summed E-state index contributed by atoms with van der Waals surface area (Å²) < 4.78 is 52.5. The van der Waals surface area contributed by atoms with E-state index >= 15 is 0 Å². The van der Waals surface area contributed by atoms with Crippen molar-refractivity contribution in [2.24, 2.45) is 0 Å². The average Bonchev–Trinajstić information content (AvgIpc) is 2.92. The molecule has 1 aliphatic heterocycles. The molecule has 0 aromatic heterocycles. The third-order valence-corrected chi connectivity index (χ3v) is 6.40. The summed E-state index contributed by atoms with van der Waals surface area (Å²) in [5.41, 5.74) is 0.630. The van der Waals surface area contributed by atoms with Crippen LogP contribution in [-0.2, 0) is 9.84 Å². The molecule has 1 aromatic carbocycles. The largest absolute Gasteiger partial charge is 0.435 e. The van der Waals surface area contributed by atoms with E-state index in [0.29, 0.717) is 23.8 Å². The zero-order valence-corrected chi connectivity index (χ0v) is 17.1. The summed E-state index contributed by atoms with van der Waals surface area (Å²) in [5.74, 6) is 0.342. The van der Waals surface area contributed by atoms with Crippen molar-refractivity contribution in [1.29, 1.82) is 0 Å². The van der Waals surface area contributed by atoms with Gasteiger partial charge in [-0.1, -0.05) is 0 Å². The Balaban J connectivity index is 2.03. The lowest BCUT2D eigenvalue weighted by Gasteiger charge is -2.31. The molecule has 0 aliphatic carbocycles. The summed E-state index contributed by atoms with van der Waals surface area (Å²) in [6, 6.07) is 5.90. The maximum absolute atomic E-state index is 12.2. The first-order valence-electron chi connectivity index (χ1n) is 8.78. The fourth-order valence-corrected chi connectivity index (χ4v) is 5.08. The molecule has 0 unspecified atom stereocenters. The van der Waals surface area contributed by atoms with E-state index in [9.17, 15) is 17.2 Å². The molecule has 27 heavy (non-hydrogen) atoms. The van der Waals surface area contributed by atoms with Crippen LogP contribution in [0.25, 0.3) is 0 Å². The van der Waals surface area contributed by atoms with Gasteiger partial charge in [0.05, 0.1) is 32.1 Å². The molecule has 1 atom stereocenters. The Bertz CT molecular complexity index is 727. The van der Waals surface area contributed by atoms with Crippen molar-refractivity contribution in [3.05, 3.63) is 24.3 Å². The van der Waals surface area contributed by atoms with Crippen LogP contribution in [0.5, 0.6) is 5.75 Å². The van der Waals surface area contributed by atoms with E-state index in [1.807, 2.05) is 4.90 Å². The number of rotatable bonds is 8. The number of nitrogens with zero attached hydrogens (tertiary/aromatic N) is 1. The van der Waals surface area contributed by atoms with Crippen molar-refractivity contribution in [3.8, 4) is 5.75 Å². The highest BCUT2D eigenvalue weighted by molar-refractivity contribution is 7.91. The first-order valence-corrected chi connectivity index (χ1v) is 11.0. The first-order chi connectivity index (χ1) is 12.7. The van der Waals surface area contributed by atoms with E-state index in [4.69, 9.17) is 12.2 Å².